The number of hydrogen-bond acceptors (Lipinski definition) is 4. The summed E-state index contributed by atoms with van der Waals surface area (Å²) in [6, 6.07) is 0. The van der Waals surface area contributed by atoms with Crippen molar-refractivity contribution in [2.45, 2.75) is 39.7 Å². The molecule has 0 aromatic carbocycles. The standard InChI is InChI=1S/C12H20N2OS/c1-12(2,8-15)7-13-6-11-14-9-4-3-5-10(9)16-11/h13,15H,3-8H2,1-2H3. The van der Waals surface area contributed by atoms with Gasteiger partial charge in [-0.25, -0.2) is 4.98 Å². The summed E-state index contributed by atoms with van der Waals surface area (Å²) in [7, 11) is 0. The van der Waals surface area contributed by atoms with Gasteiger partial charge in [-0.15, -0.1) is 11.3 Å². The van der Waals surface area contributed by atoms with Crippen LogP contribution in [0.5, 0.6) is 0 Å². The van der Waals surface area contributed by atoms with Crippen molar-refractivity contribution >= 4 is 11.3 Å². The Morgan fingerprint density at radius 3 is 2.94 bits per heavy atom. The fourth-order valence-corrected chi connectivity index (χ4v) is 3.01. The maximum Gasteiger partial charge on any atom is 0.107 e. The van der Waals surface area contributed by atoms with Crippen LogP contribution in [-0.2, 0) is 19.4 Å². The summed E-state index contributed by atoms with van der Waals surface area (Å²) in [5.74, 6) is 0. The van der Waals surface area contributed by atoms with Crippen LogP contribution in [-0.4, -0.2) is 23.2 Å². The number of thiazole rings is 1. The highest BCUT2D eigenvalue weighted by atomic mass is 32.1. The topological polar surface area (TPSA) is 45.1 Å². The molecule has 16 heavy (non-hydrogen) atoms. The van der Waals surface area contributed by atoms with Crippen molar-refractivity contribution in [3.05, 3.63) is 15.6 Å². The molecule has 0 aliphatic heterocycles. The Hall–Kier alpha value is -0.450. The van der Waals surface area contributed by atoms with Gasteiger partial charge in [-0.05, 0) is 19.3 Å². The van der Waals surface area contributed by atoms with E-state index in [1.54, 1.807) is 0 Å². The minimum absolute atomic E-state index is 0.0417. The normalized spacial score (nSPS) is 15.4. The third kappa shape index (κ3) is 2.81. The van der Waals surface area contributed by atoms with Crippen molar-refractivity contribution in [3.63, 3.8) is 0 Å². The lowest BCUT2D eigenvalue weighted by Gasteiger charge is -2.21. The molecule has 4 heteroatoms. The van der Waals surface area contributed by atoms with Gasteiger partial charge in [0.05, 0.1) is 5.69 Å². The van der Waals surface area contributed by atoms with Gasteiger partial charge in [-0.3, -0.25) is 0 Å². The second-order valence-corrected chi connectivity index (χ2v) is 6.43. The first-order chi connectivity index (χ1) is 7.61. The molecule has 3 nitrogen and oxygen atoms in total. The molecule has 0 amide bonds. The maximum atomic E-state index is 9.13. The van der Waals surface area contributed by atoms with E-state index >= 15 is 0 Å². The lowest BCUT2D eigenvalue weighted by atomic mass is 9.95. The molecule has 2 rings (SSSR count). The van der Waals surface area contributed by atoms with Crippen LogP contribution in [0.3, 0.4) is 0 Å². The fraction of sp³-hybridized carbons (Fsp3) is 0.750. The molecule has 0 radical (unpaired) electrons. The van der Waals surface area contributed by atoms with Crippen molar-refractivity contribution in [3.8, 4) is 0 Å². The number of aromatic nitrogens is 1. The smallest absolute Gasteiger partial charge is 0.107 e. The van der Waals surface area contributed by atoms with Crippen molar-refractivity contribution in [1.82, 2.24) is 10.3 Å². The zero-order valence-electron chi connectivity index (χ0n) is 10.0. The molecule has 0 unspecified atom stereocenters. The van der Waals surface area contributed by atoms with Gasteiger partial charge in [0.15, 0.2) is 0 Å². The Labute approximate surface area is 101 Å². The van der Waals surface area contributed by atoms with E-state index in [1.807, 2.05) is 11.3 Å². The third-order valence-electron chi connectivity index (χ3n) is 2.95. The molecule has 0 spiro atoms. The molecule has 0 bridgehead atoms. The molecule has 0 fully saturated rings. The number of aliphatic hydroxyl groups excluding tert-OH is 1. The van der Waals surface area contributed by atoms with E-state index in [2.05, 4.69) is 24.1 Å². The number of aliphatic hydroxyl groups is 1. The summed E-state index contributed by atoms with van der Waals surface area (Å²) in [6.07, 6.45) is 3.66. The number of nitrogens with one attached hydrogen (secondary N) is 1. The molecular weight excluding hydrogens is 220 g/mol. The summed E-state index contributed by atoms with van der Waals surface area (Å²) in [5.41, 5.74) is 1.28. The molecule has 1 aliphatic rings. The summed E-state index contributed by atoms with van der Waals surface area (Å²) < 4.78 is 0. The highest BCUT2D eigenvalue weighted by molar-refractivity contribution is 7.11. The van der Waals surface area contributed by atoms with Crippen molar-refractivity contribution in [1.29, 1.82) is 0 Å². The fourth-order valence-electron chi connectivity index (χ4n) is 1.88. The lowest BCUT2D eigenvalue weighted by molar-refractivity contribution is 0.156. The van der Waals surface area contributed by atoms with E-state index < -0.39 is 0 Å². The number of fused-ring (bicyclic) bond motifs is 1. The van der Waals surface area contributed by atoms with E-state index in [0.717, 1.165) is 19.5 Å². The van der Waals surface area contributed by atoms with Crippen LogP contribution >= 0.6 is 11.3 Å². The number of aryl methyl sites for hydroxylation is 2. The molecular formula is C12H20N2OS. The number of rotatable bonds is 5. The SMILES string of the molecule is CC(C)(CO)CNCc1nc2c(s1)CCC2. The van der Waals surface area contributed by atoms with Crippen LogP contribution in [0.4, 0.5) is 0 Å². The van der Waals surface area contributed by atoms with Gasteiger partial charge in [0.25, 0.3) is 0 Å². The van der Waals surface area contributed by atoms with E-state index in [-0.39, 0.29) is 12.0 Å². The van der Waals surface area contributed by atoms with Gasteiger partial charge >= 0.3 is 0 Å². The van der Waals surface area contributed by atoms with Crippen LogP contribution in [0, 0.1) is 5.41 Å². The highest BCUT2D eigenvalue weighted by Gasteiger charge is 2.18. The van der Waals surface area contributed by atoms with Crippen LogP contribution in [0.2, 0.25) is 0 Å². The summed E-state index contributed by atoms with van der Waals surface area (Å²) in [5, 5.41) is 13.7. The van der Waals surface area contributed by atoms with E-state index in [0.29, 0.717) is 0 Å². The largest absolute Gasteiger partial charge is 0.396 e. The molecule has 2 N–H and O–H groups in total. The first-order valence-corrected chi connectivity index (χ1v) is 6.71. The van der Waals surface area contributed by atoms with Crippen LogP contribution in [0.1, 0.15) is 35.8 Å². The minimum atomic E-state index is -0.0417. The number of hydrogen-bond donors (Lipinski definition) is 2. The zero-order valence-corrected chi connectivity index (χ0v) is 10.9. The Bertz CT molecular complexity index is 338. The van der Waals surface area contributed by atoms with E-state index in [4.69, 9.17) is 5.11 Å². The predicted molar refractivity (Wildman–Crippen MR) is 66.7 cm³/mol. The second-order valence-electron chi connectivity index (χ2n) is 5.26. The average molecular weight is 240 g/mol. The van der Waals surface area contributed by atoms with Crippen molar-refractivity contribution < 1.29 is 5.11 Å². The van der Waals surface area contributed by atoms with Crippen LogP contribution < -0.4 is 5.32 Å². The summed E-state index contributed by atoms with van der Waals surface area (Å²) in [4.78, 5) is 6.11. The molecule has 90 valence electrons. The van der Waals surface area contributed by atoms with Gasteiger partial charge in [-0.2, -0.15) is 0 Å². The van der Waals surface area contributed by atoms with Gasteiger partial charge in [-0.1, -0.05) is 13.8 Å². The second kappa shape index (κ2) is 4.82. The van der Waals surface area contributed by atoms with Crippen LogP contribution in [0.15, 0.2) is 0 Å². The van der Waals surface area contributed by atoms with Crippen molar-refractivity contribution in [2.24, 2.45) is 5.41 Å². The molecule has 0 saturated heterocycles. The monoisotopic (exact) mass is 240 g/mol. The molecule has 1 heterocycles. The molecule has 1 aromatic heterocycles. The first kappa shape index (κ1) is 12.0. The van der Waals surface area contributed by atoms with Gasteiger partial charge in [0, 0.05) is 30.0 Å². The Morgan fingerprint density at radius 1 is 1.44 bits per heavy atom. The summed E-state index contributed by atoms with van der Waals surface area (Å²) >= 11 is 1.84. The first-order valence-electron chi connectivity index (χ1n) is 5.90. The number of nitrogens with zero attached hydrogens (tertiary/aromatic N) is 1. The average Bonchev–Trinajstić information content (AvgIpc) is 2.77. The lowest BCUT2D eigenvalue weighted by Crippen LogP contribution is -2.31. The Morgan fingerprint density at radius 2 is 2.25 bits per heavy atom. The van der Waals surface area contributed by atoms with Crippen LogP contribution in [0.25, 0.3) is 0 Å². The zero-order chi connectivity index (χ0) is 11.6. The molecule has 0 atom stereocenters. The van der Waals surface area contributed by atoms with E-state index in [1.165, 1.54) is 28.4 Å². The Balaban J connectivity index is 1.82. The van der Waals surface area contributed by atoms with Crippen molar-refractivity contribution in [2.75, 3.05) is 13.2 Å². The highest BCUT2D eigenvalue weighted by Crippen LogP contribution is 2.27. The summed E-state index contributed by atoms with van der Waals surface area (Å²) in [6.45, 7) is 5.99. The van der Waals surface area contributed by atoms with Gasteiger partial charge < -0.3 is 10.4 Å². The third-order valence-corrected chi connectivity index (χ3v) is 4.11. The van der Waals surface area contributed by atoms with E-state index in [9.17, 15) is 0 Å². The minimum Gasteiger partial charge on any atom is -0.396 e. The quantitative estimate of drug-likeness (QED) is 0.824. The maximum absolute atomic E-state index is 9.13. The van der Waals surface area contributed by atoms with Gasteiger partial charge in [0.2, 0.25) is 0 Å². The molecule has 0 saturated carbocycles. The molecule has 1 aliphatic carbocycles. The predicted octanol–water partition coefficient (Wildman–Crippen LogP) is 1.74. The van der Waals surface area contributed by atoms with Gasteiger partial charge in [0.1, 0.15) is 5.01 Å². The molecule has 1 aromatic rings. The Kier molecular flexibility index (Phi) is 3.62.